The number of fused-ring (bicyclic) bond motifs is 2. The first kappa shape index (κ1) is 7.08. The number of rotatable bonds is 0. The van der Waals surface area contributed by atoms with Crippen LogP contribution in [0.25, 0.3) is 0 Å². The molecule has 0 saturated heterocycles. The second-order valence-corrected chi connectivity index (χ2v) is 4.41. The van der Waals surface area contributed by atoms with Gasteiger partial charge in [-0.25, -0.2) is 0 Å². The van der Waals surface area contributed by atoms with E-state index >= 15 is 0 Å². The number of hydrogen-bond donors (Lipinski definition) is 0. The van der Waals surface area contributed by atoms with Crippen LogP contribution in [0.15, 0.2) is 12.2 Å². The van der Waals surface area contributed by atoms with Gasteiger partial charge < -0.3 is 0 Å². The molecular weight excluding hydrogens is 136 g/mol. The maximum atomic E-state index is 11.4. The Morgan fingerprint density at radius 3 is 2.45 bits per heavy atom. The van der Waals surface area contributed by atoms with E-state index in [0.717, 1.165) is 12.8 Å². The Kier molecular flexibility index (Phi) is 1.14. The minimum absolute atomic E-state index is 0.196. The maximum Gasteiger partial charge on any atom is 0.144 e. The fourth-order valence-corrected chi connectivity index (χ4v) is 2.76. The lowest BCUT2D eigenvalue weighted by Gasteiger charge is -2.55. The Bertz CT molecular complexity index is 229. The number of carbonyl (C=O) groups excluding carboxylic acids is 1. The van der Waals surface area contributed by atoms with E-state index in [0.29, 0.717) is 11.7 Å². The zero-order valence-electron chi connectivity index (χ0n) is 7.18. The topological polar surface area (TPSA) is 17.1 Å². The van der Waals surface area contributed by atoms with Crippen molar-refractivity contribution in [1.29, 1.82) is 0 Å². The molecule has 0 amide bonds. The molecule has 60 valence electrons. The highest BCUT2D eigenvalue weighted by Crippen LogP contribution is 2.58. The smallest absolute Gasteiger partial charge is 0.144 e. The third-order valence-corrected chi connectivity index (χ3v) is 3.43. The van der Waals surface area contributed by atoms with Crippen LogP contribution in [0.1, 0.15) is 26.7 Å². The average molecular weight is 150 g/mol. The summed E-state index contributed by atoms with van der Waals surface area (Å²) in [6.07, 6.45) is 2.12. The first-order valence-corrected chi connectivity index (χ1v) is 4.26. The van der Waals surface area contributed by atoms with Crippen molar-refractivity contribution in [3.8, 4) is 0 Å². The molecule has 0 aromatic carbocycles. The van der Waals surface area contributed by atoms with Crippen LogP contribution in [-0.4, -0.2) is 5.78 Å². The fraction of sp³-hybridized carbons (Fsp3) is 0.700. The van der Waals surface area contributed by atoms with Gasteiger partial charge >= 0.3 is 0 Å². The molecule has 0 N–H and O–H groups in total. The van der Waals surface area contributed by atoms with Gasteiger partial charge in [-0.05, 0) is 18.3 Å². The largest absolute Gasteiger partial charge is 0.299 e. The quantitative estimate of drug-likeness (QED) is 0.484. The summed E-state index contributed by atoms with van der Waals surface area (Å²) < 4.78 is 0. The number of ketones is 1. The van der Waals surface area contributed by atoms with E-state index in [2.05, 4.69) is 20.4 Å². The molecule has 1 heteroatoms. The normalized spacial score (nSPS) is 40.2. The molecule has 0 heterocycles. The van der Waals surface area contributed by atoms with Crippen molar-refractivity contribution in [1.82, 2.24) is 0 Å². The molecule has 3 saturated carbocycles. The van der Waals surface area contributed by atoms with Crippen LogP contribution >= 0.6 is 0 Å². The minimum atomic E-state index is 0.196. The van der Waals surface area contributed by atoms with Gasteiger partial charge in [-0.3, -0.25) is 4.79 Å². The highest BCUT2D eigenvalue weighted by molar-refractivity contribution is 5.94. The summed E-state index contributed by atoms with van der Waals surface area (Å²) >= 11 is 0. The number of carbonyl (C=O) groups is 1. The van der Waals surface area contributed by atoms with Gasteiger partial charge in [0, 0.05) is 11.8 Å². The van der Waals surface area contributed by atoms with Crippen LogP contribution in [0.3, 0.4) is 0 Å². The van der Waals surface area contributed by atoms with E-state index in [1.807, 2.05) is 0 Å². The number of Topliss-reactive ketones (excluding diaryl/α,β-unsaturated/α-hetero) is 1. The Morgan fingerprint density at radius 1 is 1.55 bits per heavy atom. The molecule has 0 aromatic rings. The van der Waals surface area contributed by atoms with Gasteiger partial charge in [-0.1, -0.05) is 26.0 Å². The molecule has 2 bridgehead atoms. The second kappa shape index (κ2) is 1.77. The van der Waals surface area contributed by atoms with E-state index in [1.165, 1.54) is 5.57 Å². The van der Waals surface area contributed by atoms with Gasteiger partial charge in [0.05, 0.1) is 0 Å². The third kappa shape index (κ3) is 0.640. The summed E-state index contributed by atoms with van der Waals surface area (Å²) in [6.45, 7) is 8.34. The van der Waals surface area contributed by atoms with Gasteiger partial charge in [0.1, 0.15) is 5.78 Å². The summed E-state index contributed by atoms with van der Waals surface area (Å²) in [7, 11) is 0. The standard InChI is InChI=1S/C10H14O/c1-6-4-5-7-9(11)8(6)10(7,2)3/h7-8H,1,4-5H2,2-3H3/t7-,8+/m0/s1. The first-order valence-electron chi connectivity index (χ1n) is 4.26. The highest BCUT2D eigenvalue weighted by atomic mass is 16.1. The predicted molar refractivity (Wildman–Crippen MR) is 44.1 cm³/mol. The van der Waals surface area contributed by atoms with E-state index in [1.54, 1.807) is 0 Å². The lowest BCUT2D eigenvalue weighted by atomic mass is 9.47. The second-order valence-electron chi connectivity index (χ2n) is 4.41. The lowest BCUT2D eigenvalue weighted by molar-refractivity contribution is -0.153. The van der Waals surface area contributed by atoms with E-state index in [-0.39, 0.29) is 11.3 Å². The molecule has 1 nitrogen and oxygen atoms in total. The molecule has 3 aliphatic carbocycles. The molecular formula is C10H14O. The van der Waals surface area contributed by atoms with Gasteiger partial charge in [0.15, 0.2) is 0 Å². The van der Waals surface area contributed by atoms with Gasteiger partial charge in [0.25, 0.3) is 0 Å². The monoisotopic (exact) mass is 150 g/mol. The maximum absolute atomic E-state index is 11.4. The van der Waals surface area contributed by atoms with Crippen molar-refractivity contribution in [2.75, 3.05) is 0 Å². The van der Waals surface area contributed by atoms with Crippen molar-refractivity contribution < 1.29 is 4.79 Å². The minimum Gasteiger partial charge on any atom is -0.299 e. The molecule has 0 aliphatic heterocycles. The van der Waals surface area contributed by atoms with Crippen LogP contribution in [0.5, 0.6) is 0 Å². The van der Waals surface area contributed by atoms with Crippen LogP contribution in [0.4, 0.5) is 0 Å². The van der Waals surface area contributed by atoms with Crippen LogP contribution < -0.4 is 0 Å². The Labute approximate surface area is 67.5 Å². The SMILES string of the molecule is C=C1CC[C@H]2C(=O)[C@@H]1C2(C)C. The zero-order chi connectivity index (χ0) is 8.22. The Morgan fingerprint density at radius 2 is 2.18 bits per heavy atom. The van der Waals surface area contributed by atoms with Gasteiger partial charge in [-0.15, -0.1) is 0 Å². The first-order chi connectivity index (χ1) is 5.05. The summed E-state index contributed by atoms with van der Waals surface area (Å²) in [5.41, 5.74) is 1.40. The summed E-state index contributed by atoms with van der Waals surface area (Å²) in [5.74, 6) is 0.991. The van der Waals surface area contributed by atoms with Crippen molar-refractivity contribution >= 4 is 5.78 Å². The highest BCUT2D eigenvalue weighted by Gasteiger charge is 2.58. The third-order valence-electron chi connectivity index (χ3n) is 3.43. The van der Waals surface area contributed by atoms with Crippen LogP contribution in [0, 0.1) is 17.3 Å². The summed E-state index contributed by atoms with van der Waals surface area (Å²) in [5, 5.41) is 0. The molecule has 0 unspecified atom stereocenters. The van der Waals surface area contributed by atoms with Crippen molar-refractivity contribution in [3.05, 3.63) is 12.2 Å². The molecule has 3 aliphatic rings. The molecule has 0 spiro atoms. The average Bonchev–Trinajstić information content (AvgIpc) is 1.85. The lowest BCUT2D eigenvalue weighted by Crippen LogP contribution is -2.57. The summed E-state index contributed by atoms with van der Waals surface area (Å²) in [6, 6.07) is 0. The van der Waals surface area contributed by atoms with Gasteiger partial charge in [-0.2, -0.15) is 0 Å². The number of allylic oxidation sites excluding steroid dienone is 1. The molecule has 11 heavy (non-hydrogen) atoms. The van der Waals surface area contributed by atoms with Crippen molar-refractivity contribution in [2.24, 2.45) is 17.3 Å². The summed E-state index contributed by atoms with van der Waals surface area (Å²) in [4.78, 5) is 11.4. The Balaban J connectivity index is 2.35. The molecule has 0 aromatic heterocycles. The molecule has 3 fully saturated rings. The fourth-order valence-electron chi connectivity index (χ4n) is 2.76. The Hall–Kier alpha value is -0.590. The van der Waals surface area contributed by atoms with Crippen LogP contribution in [0.2, 0.25) is 0 Å². The van der Waals surface area contributed by atoms with E-state index in [4.69, 9.17) is 0 Å². The molecule has 0 radical (unpaired) electrons. The van der Waals surface area contributed by atoms with E-state index in [9.17, 15) is 4.79 Å². The van der Waals surface area contributed by atoms with Crippen molar-refractivity contribution in [2.45, 2.75) is 26.7 Å². The van der Waals surface area contributed by atoms with E-state index < -0.39 is 0 Å². The molecule has 3 rings (SSSR count). The van der Waals surface area contributed by atoms with Crippen LogP contribution in [-0.2, 0) is 4.79 Å². The van der Waals surface area contributed by atoms with Gasteiger partial charge in [0.2, 0.25) is 0 Å². The van der Waals surface area contributed by atoms with Crippen molar-refractivity contribution in [3.63, 3.8) is 0 Å². The predicted octanol–water partition coefficient (Wildman–Crippen LogP) is 2.18. The zero-order valence-corrected chi connectivity index (χ0v) is 7.18. The number of hydrogen-bond acceptors (Lipinski definition) is 1. The molecule has 2 atom stereocenters.